The van der Waals surface area contributed by atoms with Crippen molar-refractivity contribution in [2.45, 2.75) is 25.3 Å². The number of rotatable bonds is 1. The van der Waals surface area contributed by atoms with Crippen LogP contribution < -0.4 is 0 Å². The summed E-state index contributed by atoms with van der Waals surface area (Å²) < 4.78 is 2.25. The highest BCUT2D eigenvalue weighted by Crippen LogP contribution is 2.30. The Morgan fingerprint density at radius 3 is 2.87 bits per heavy atom. The van der Waals surface area contributed by atoms with E-state index in [1.54, 1.807) is 0 Å². The molecule has 1 atom stereocenters. The van der Waals surface area contributed by atoms with Gasteiger partial charge in [0.05, 0.1) is 0 Å². The molecule has 2 heteroatoms. The number of carbonyl (C=O) groups is 1. The summed E-state index contributed by atoms with van der Waals surface area (Å²) in [5.41, 5.74) is 1.25. The first-order chi connectivity index (χ1) is 7.34. The zero-order valence-electron chi connectivity index (χ0n) is 8.52. The molecule has 0 bridgehead atoms. The summed E-state index contributed by atoms with van der Waals surface area (Å²) in [7, 11) is 0. The van der Waals surface area contributed by atoms with Gasteiger partial charge in [-0.1, -0.05) is 18.2 Å². The topological polar surface area (TPSA) is 22.0 Å². The molecule has 1 saturated carbocycles. The molecule has 1 aromatic heterocycles. The quantitative estimate of drug-likeness (QED) is 0.692. The van der Waals surface area contributed by atoms with Crippen molar-refractivity contribution >= 4 is 16.7 Å². The molecular formula is C13H13NO. The minimum absolute atomic E-state index is 0.386. The van der Waals surface area contributed by atoms with E-state index in [0.29, 0.717) is 18.2 Å². The number of fused-ring (bicyclic) bond motifs is 1. The van der Waals surface area contributed by atoms with Gasteiger partial charge in [-0.25, -0.2) is 0 Å². The monoisotopic (exact) mass is 199 g/mol. The van der Waals surface area contributed by atoms with Crippen LogP contribution in [0.2, 0.25) is 0 Å². The fourth-order valence-corrected chi connectivity index (χ4v) is 2.45. The van der Waals surface area contributed by atoms with Crippen LogP contribution in [0, 0.1) is 0 Å². The van der Waals surface area contributed by atoms with Gasteiger partial charge in [0, 0.05) is 30.6 Å². The van der Waals surface area contributed by atoms with E-state index >= 15 is 0 Å². The summed E-state index contributed by atoms with van der Waals surface area (Å²) in [6, 6.07) is 10.8. The predicted octanol–water partition coefficient (Wildman–Crippen LogP) is 2.94. The molecule has 1 unspecified atom stereocenters. The molecule has 1 aliphatic carbocycles. The molecule has 2 aromatic rings. The Hall–Kier alpha value is -1.57. The van der Waals surface area contributed by atoms with Crippen LogP contribution in [0.5, 0.6) is 0 Å². The average molecular weight is 199 g/mol. The van der Waals surface area contributed by atoms with Crippen molar-refractivity contribution in [3.8, 4) is 0 Å². The second-order valence-electron chi connectivity index (χ2n) is 4.22. The lowest BCUT2D eigenvalue weighted by molar-refractivity contribution is -0.117. The summed E-state index contributed by atoms with van der Waals surface area (Å²) in [5, 5.41) is 1.26. The maximum absolute atomic E-state index is 11.3. The number of carbonyl (C=O) groups excluding carboxylic acids is 1. The first-order valence-corrected chi connectivity index (χ1v) is 5.42. The van der Waals surface area contributed by atoms with Crippen molar-refractivity contribution in [2.75, 3.05) is 0 Å². The lowest BCUT2D eigenvalue weighted by Gasteiger charge is -2.12. The standard InChI is InChI=1S/C13H13NO/c15-12-6-5-11(9-12)14-8-7-10-3-1-2-4-13(10)14/h1-4,7-8,11H,5-6,9H2. The van der Waals surface area contributed by atoms with Gasteiger partial charge in [-0.3, -0.25) is 4.79 Å². The third kappa shape index (κ3) is 1.37. The number of hydrogen-bond acceptors (Lipinski definition) is 1. The minimum atomic E-state index is 0.386. The minimum Gasteiger partial charge on any atom is -0.344 e. The number of hydrogen-bond donors (Lipinski definition) is 0. The Bertz CT molecular complexity index is 512. The number of ketones is 1. The van der Waals surface area contributed by atoms with Gasteiger partial charge in [0.25, 0.3) is 0 Å². The largest absolute Gasteiger partial charge is 0.344 e. The smallest absolute Gasteiger partial charge is 0.135 e. The van der Waals surface area contributed by atoms with E-state index in [1.165, 1.54) is 10.9 Å². The molecule has 1 heterocycles. The summed E-state index contributed by atoms with van der Waals surface area (Å²) in [6.07, 6.45) is 4.56. The third-order valence-electron chi connectivity index (χ3n) is 3.24. The van der Waals surface area contributed by atoms with Crippen molar-refractivity contribution in [3.63, 3.8) is 0 Å². The number of Topliss-reactive ketones (excluding diaryl/α,β-unsaturated/α-hetero) is 1. The molecule has 2 nitrogen and oxygen atoms in total. The summed E-state index contributed by atoms with van der Waals surface area (Å²) in [5.74, 6) is 0.401. The van der Waals surface area contributed by atoms with Crippen LogP contribution in [-0.4, -0.2) is 10.4 Å². The highest BCUT2D eigenvalue weighted by Gasteiger charge is 2.23. The van der Waals surface area contributed by atoms with Gasteiger partial charge in [-0.15, -0.1) is 0 Å². The second kappa shape index (κ2) is 3.23. The predicted molar refractivity (Wildman–Crippen MR) is 59.8 cm³/mol. The first kappa shape index (κ1) is 8.72. The van der Waals surface area contributed by atoms with E-state index in [4.69, 9.17) is 0 Å². The number of benzene rings is 1. The van der Waals surface area contributed by atoms with Crippen LogP contribution in [0.4, 0.5) is 0 Å². The number of para-hydroxylation sites is 1. The lowest BCUT2D eigenvalue weighted by Crippen LogP contribution is -2.03. The second-order valence-corrected chi connectivity index (χ2v) is 4.22. The van der Waals surface area contributed by atoms with Crippen LogP contribution in [0.15, 0.2) is 36.5 Å². The van der Waals surface area contributed by atoms with Crippen molar-refractivity contribution in [1.29, 1.82) is 0 Å². The zero-order valence-corrected chi connectivity index (χ0v) is 8.52. The fraction of sp³-hybridized carbons (Fsp3) is 0.308. The van der Waals surface area contributed by atoms with Crippen molar-refractivity contribution in [3.05, 3.63) is 36.5 Å². The molecule has 1 aliphatic rings. The Labute approximate surface area is 88.5 Å². The lowest BCUT2D eigenvalue weighted by atomic mass is 10.2. The van der Waals surface area contributed by atoms with E-state index in [0.717, 1.165) is 12.8 Å². The maximum Gasteiger partial charge on any atom is 0.135 e. The van der Waals surface area contributed by atoms with Crippen LogP contribution in [0.1, 0.15) is 25.3 Å². The third-order valence-corrected chi connectivity index (χ3v) is 3.24. The van der Waals surface area contributed by atoms with Gasteiger partial charge in [-0.05, 0) is 23.9 Å². The molecule has 1 fully saturated rings. The molecule has 0 N–H and O–H groups in total. The molecule has 0 radical (unpaired) electrons. The molecule has 0 aliphatic heterocycles. The van der Waals surface area contributed by atoms with Gasteiger partial charge in [0.1, 0.15) is 5.78 Å². The molecular weight excluding hydrogens is 186 g/mol. The summed E-state index contributed by atoms with van der Waals surface area (Å²) >= 11 is 0. The van der Waals surface area contributed by atoms with E-state index < -0.39 is 0 Å². The molecule has 0 amide bonds. The average Bonchev–Trinajstić information content (AvgIpc) is 2.83. The molecule has 0 saturated heterocycles. The summed E-state index contributed by atoms with van der Waals surface area (Å²) in [4.78, 5) is 11.3. The van der Waals surface area contributed by atoms with Gasteiger partial charge in [0.2, 0.25) is 0 Å². The van der Waals surface area contributed by atoms with Crippen molar-refractivity contribution < 1.29 is 4.79 Å². The van der Waals surface area contributed by atoms with Crippen LogP contribution >= 0.6 is 0 Å². The van der Waals surface area contributed by atoms with Crippen LogP contribution in [0.3, 0.4) is 0 Å². The van der Waals surface area contributed by atoms with E-state index in [-0.39, 0.29) is 0 Å². The van der Waals surface area contributed by atoms with Gasteiger partial charge >= 0.3 is 0 Å². The fourth-order valence-electron chi connectivity index (χ4n) is 2.45. The maximum atomic E-state index is 11.3. The molecule has 0 spiro atoms. The van der Waals surface area contributed by atoms with Crippen LogP contribution in [0.25, 0.3) is 10.9 Å². The van der Waals surface area contributed by atoms with Gasteiger partial charge in [-0.2, -0.15) is 0 Å². The zero-order chi connectivity index (χ0) is 10.3. The summed E-state index contributed by atoms with van der Waals surface area (Å²) in [6.45, 7) is 0. The van der Waals surface area contributed by atoms with Crippen LogP contribution in [-0.2, 0) is 4.79 Å². The molecule has 15 heavy (non-hydrogen) atoms. The normalized spacial score (nSPS) is 21.3. The van der Waals surface area contributed by atoms with Gasteiger partial charge in [0.15, 0.2) is 0 Å². The molecule has 1 aromatic carbocycles. The van der Waals surface area contributed by atoms with E-state index in [1.807, 2.05) is 6.07 Å². The van der Waals surface area contributed by atoms with E-state index in [9.17, 15) is 4.79 Å². The first-order valence-electron chi connectivity index (χ1n) is 5.42. The van der Waals surface area contributed by atoms with Crippen molar-refractivity contribution in [2.24, 2.45) is 0 Å². The highest BCUT2D eigenvalue weighted by atomic mass is 16.1. The van der Waals surface area contributed by atoms with Crippen molar-refractivity contribution in [1.82, 2.24) is 4.57 Å². The number of aromatic nitrogens is 1. The SMILES string of the molecule is O=C1CCC(n2ccc3ccccc32)C1. The Morgan fingerprint density at radius 1 is 1.20 bits per heavy atom. The molecule has 76 valence electrons. The number of nitrogens with zero attached hydrogens (tertiary/aromatic N) is 1. The Balaban J connectivity index is 2.07. The Morgan fingerprint density at radius 2 is 2.07 bits per heavy atom. The highest BCUT2D eigenvalue weighted by molar-refractivity contribution is 5.83. The van der Waals surface area contributed by atoms with Gasteiger partial charge < -0.3 is 4.57 Å². The molecule has 3 rings (SSSR count). The Kier molecular flexibility index (Phi) is 1.88. The van der Waals surface area contributed by atoms with E-state index in [2.05, 4.69) is 35.0 Å².